The predicted octanol–water partition coefficient (Wildman–Crippen LogP) is 4.83. The minimum absolute atomic E-state index is 0.0469. The van der Waals surface area contributed by atoms with Gasteiger partial charge in [-0.05, 0) is 34.2 Å². The van der Waals surface area contributed by atoms with Crippen molar-refractivity contribution >= 4 is 22.5 Å². The Morgan fingerprint density at radius 1 is 0.964 bits per heavy atom. The van der Waals surface area contributed by atoms with E-state index in [0.29, 0.717) is 18.3 Å². The van der Waals surface area contributed by atoms with Gasteiger partial charge in [0, 0.05) is 18.2 Å². The van der Waals surface area contributed by atoms with Gasteiger partial charge in [0.1, 0.15) is 0 Å². The molecule has 1 fully saturated rings. The SMILES string of the molecule is O=C(Nc1ccn(Cc2cccc3ccccc23)n1)[C@H]1C[C@H]1c1ccccc1. The number of benzene rings is 3. The van der Waals surface area contributed by atoms with Gasteiger partial charge >= 0.3 is 0 Å². The van der Waals surface area contributed by atoms with Crippen molar-refractivity contribution in [1.29, 1.82) is 0 Å². The molecule has 0 aliphatic heterocycles. The van der Waals surface area contributed by atoms with E-state index >= 15 is 0 Å². The molecular weight excluding hydrogens is 346 g/mol. The Morgan fingerprint density at radius 3 is 2.64 bits per heavy atom. The van der Waals surface area contributed by atoms with E-state index in [2.05, 4.69) is 58.9 Å². The van der Waals surface area contributed by atoms with Crippen LogP contribution >= 0.6 is 0 Å². The Kier molecular flexibility index (Phi) is 4.17. The number of carbonyl (C=O) groups excluding carboxylic acids is 1. The Labute approximate surface area is 163 Å². The third kappa shape index (κ3) is 3.29. The van der Waals surface area contributed by atoms with Crippen LogP contribution in [0.15, 0.2) is 85.1 Å². The summed E-state index contributed by atoms with van der Waals surface area (Å²) in [6, 6.07) is 26.8. The molecule has 5 rings (SSSR count). The van der Waals surface area contributed by atoms with Gasteiger partial charge in [0.25, 0.3) is 0 Å². The third-order valence-corrected chi connectivity index (χ3v) is 5.46. The normalized spacial score (nSPS) is 18.1. The molecule has 4 nitrogen and oxygen atoms in total. The van der Waals surface area contributed by atoms with Crippen molar-refractivity contribution in [1.82, 2.24) is 9.78 Å². The van der Waals surface area contributed by atoms with Crippen molar-refractivity contribution in [2.24, 2.45) is 5.92 Å². The number of fused-ring (bicyclic) bond motifs is 1. The van der Waals surface area contributed by atoms with Gasteiger partial charge in [0.15, 0.2) is 5.82 Å². The molecule has 0 bridgehead atoms. The lowest BCUT2D eigenvalue weighted by atomic mass is 10.0. The van der Waals surface area contributed by atoms with Crippen LogP contribution in [0.4, 0.5) is 5.82 Å². The number of hydrogen-bond acceptors (Lipinski definition) is 2. The molecule has 0 saturated heterocycles. The average Bonchev–Trinajstić information content (AvgIpc) is 3.43. The molecule has 2 atom stereocenters. The number of rotatable bonds is 5. The second kappa shape index (κ2) is 6.97. The average molecular weight is 367 g/mol. The summed E-state index contributed by atoms with van der Waals surface area (Å²) in [6.45, 7) is 0.674. The van der Waals surface area contributed by atoms with Crippen LogP contribution in [0.5, 0.6) is 0 Å². The summed E-state index contributed by atoms with van der Waals surface area (Å²) in [6.07, 6.45) is 2.82. The van der Waals surface area contributed by atoms with Gasteiger partial charge in [-0.15, -0.1) is 0 Å². The Hall–Kier alpha value is -3.40. The van der Waals surface area contributed by atoms with Crippen LogP contribution in [0.2, 0.25) is 0 Å². The lowest BCUT2D eigenvalue weighted by molar-refractivity contribution is -0.117. The summed E-state index contributed by atoms with van der Waals surface area (Å²) in [7, 11) is 0. The van der Waals surface area contributed by atoms with Crippen molar-refractivity contribution in [3.05, 3.63) is 96.2 Å². The molecule has 0 unspecified atom stereocenters. The maximum atomic E-state index is 12.5. The van der Waals surface area contributed by atoms with E-state index < -0.39 is 0 Å². The quantitative estimate of drug-likeness (QED) is 0.549. The number of nitrogens with zero attached hydrogens (tertiary/aromatic N) is 2. The molecule has 4 aromatic rings. The first-order valence-corrected chi connectivity index (χ1v) is 9.64. The number of nitrogens with one attached hydrogen (secondary N) is 1. The third-order valence-electron chi connectivity index (χ3n) is 5.46. The molecule has 1 aliphatic carbocycles. The van der Waals surface area contributed by atoms with Crippen LogP contribution in [-0.4, -0.2) is 15.7 Å². The molecular formula is C24H21N3O. The van der Waals surface area contributed by atoms with Crippen molar-refractivity contribution in [3.63, 3.8) is 0 Å². The highest BCUT2D eigenvalue weighted by atomic mass is 16.2. The van der Waals surface area contributed by atoms with Crippen molar-refractivity contribution in [2.75, 3.05) is 5.32 Å². The first-order valence-electron chi connectivity index (χ1n) is 9.64. The van der Waals surface area contributed by atoms with Gasteiger partial charge in [-0.25, -0.2) is 0 Å². The molecule has 138 valence electrons. The molecule has 1 amide bonds. The molecule has 1 heterocycles. The topological polar surface area (TPSA) is 46.9 Å². The molecule has 0 radical (unpaired) electrons. The van der Waals surface area contributed by atoms with Crippen LogP contribution in [0.25, 0.3) is 10.8 Å². The maximum absolute atomic E-state index is 12.5. The Bertz CT molecular complexity index is 1130. The van der Waals surface area contributed by atoms with Crippen molar-refractivity contribution in [3.8, 4) is 0 Å². The van der Waals surface area contributed by atoms with Crippen LogP contribution in [-0.2, 0) is 11.3 Å². The molecule has 1 aliphatic rings. The van der Waals surface area contributed by atoms with Crippen molar-refractivity contribution < 1.29 is 4.79 Å². The fraction of sp³-hybridized carbons (Fsp3) is 0.167. The molecule has 28 heavy (non-hydrogen) atoms. The zero-order valence-corrected chi connectivity index (χ0v) is 15.5. The minimum Gasteiger partial charge on any atom is -0.309 e. The van der Waals surface area contributed by atoms with E-state index in [-0.39, 0.29) is 11.8 Å². The highest BCUT2D eigenvalue weighted by molar-refractivity contribution is 5.94. The van der Waals surface area contributed by atoms with Gasteiger partial charge in [-0.2, -0.15) is 5.10 Å². The Morgan fingerprint density at radius 2 is 1.75 bits per heavy atom. The van der Waals surface area contributed by atoms with E-state index in [1.807, 2.05) is 41.2 Å². The fourth-order valence-corrected chi connectivity index (χ4v) is 3.89. The zero-order chi connectivity index (χ0) is 18.9. The van der Waals surface area contributed by atoms with E-state index in [1.165, 1.54) is 21.9 Å². The largest absolute Gasteiger partial charge is 0.309 e. The maximum Gasteiger partial charge on any atom is 0.229 e. The first-order chi connectivity index (χ1) is 13.8. The molecule has 1 N–H and O–H groups in total. The molecule has 1 saturated carbocycles. The van der Waals surface area contributed by atoms with E-state index in [9.17, 15) is 4.79 Å². The predicted molar refractivity (Wildman–Crippen MR) is 111 cm³/mol. The number of amides is 1. The lowest BCUT2D eigenvalue weighted by Gasteiger charge is -2.07. The number of hydrogen-bond donors (Lipinski definition) is 1. The standard InChI is InChI=1S/C24H21N3O/c28-24(22-15-21(22)18-7-2-1-3-8-18)25-23-13-14-27(26-23)16-19-11-6-10-17-9-4-5-12-20(17)19/h1-14,21-22H,15-16H2,(H,25,26,28)/t21-,22-/m0/s1. The second-order valence-corrected chi connectivity index (χ2v) is 7.39. The summed E-state index contributed by atoms with van der Waals surface area (Å²) in [5.41, 5.74) is 2.45. The summed E-state index contributed by atoms with van der Waals surface area (Å²) >= 11 is 0. The second-order valence-electron chi connectivity index (χ2n) is 7.39. The fourth-order valence-electron chi connectivity index (χ4n) is 3.89. The smallest absolute Gasteiger partial charge is 0.229 e. The summed E-state index contributed by atoms with van der Waals surface area (Å²) in [5, 5.41) is 9.98. The van der Waals surface area contributed by atoms with E-state index in [0.717, 1.165) is 6.42 Å². The summed E-state index contributed by atoms with van der Waals surface area (Å²) in [5.74, 6) is 1.05. The van der Waals surface area contributed by atoms with Crippen LogP contribution < -0.4 is 5.32 Å². The van der Waals surface area contributed by atoms with Crippen molar-refractivity contribution in [2.45, 2.75) is 18.9 Å². The monoisotopic (exact) mass is 367 g/mol. The van der Waals surface area contributed by atoms with Gasteiger partial charge in [0.05, 0.1) is 6.54 Å². The van der Waals surface area contributed by atoms with Gasteiger partial charge < -0.3 is 5.32 Å². The molecule has 4 heteroatoms. The zero-order valence-electron chi connectivity index (χ0n) is 15.5. The minimum atomic E-state index is 0.0469. The molecule has 1 aromatic heterocycles. The van der Waals surface area contributed by atoms with E-state index in [1.54, 1.807) is 0 Å². The molecule has 0 spiro atoms. The van der Waals surface area contributed by atoms with Gasteiger partial charge in [-0.3, -0.25) is 9.48 Å². The Balaban J connectivity index is 1.26. The van der Waals surface area contributed by atoms with Crippen LogP contribution in [0, 0.1) is 5.92 Å². The summed E-state index contributed by atoms with van der Waals surface area (Å²) in [4.78, 5) is 12.5. The summed E-state index contributed by atoms with van der Waals surface area (Å²) < 4.78 is 1.87. The number of anilines is 1. The first kappa shape index (κ1) is 16.8. The van der Waals surface area contributed by atoms with Gasteiger partial charge in [-0.1, -0.05) is 72.8 Å². The van der Waals surface area contributed by atoms with Crippen LogP contribution in [0.3, 0.4) is 0 Å². The highest BCUT2D eigenvalue weighted by Crippen LogP contribution is 2.47. The van der Waals surface area contributed by atoms with E-state index in [4.69, 9.17) is 0 Å². The lowest BCUT2D eigenvalue weighted by Crippen LogP contribution is -2.15. The highest BCUT2D eigenvalue weighted by Gasteiger charge is 2.43. The van der Waals surface area contributed by atoms with Crippen LogP contribution in [0.1, 0.15) is 23.5 Å². The van der Waals surface area contributed by atoms with Gasteiger partial charge in [0.2, 0.25) is 5.91 Å². The number of aromatic nitrogens is 2. The molecule has 3 aromatic carbocycles. The number of carbonyl (C=O) groups is 1.